The van der Waals surface area contributed by atoms with E-state index < -0.39 is 11.6 Å². The van der Waals surface area contributed by atoms with E-state index in [1.807, 2.05) is 54.6 Å². The summed E-state index contributed by atoms with van der Waals surface area (Å²) in [6.07, 6.45) is 2.03. The smallest absolute Gasteiger partial charge is 0.334 e. The van der Waals surface area contributed by atoms with Gasteiger partial charge in [0.15, 0.2) is 5.60 Å². The summed E-state index contributed by atoms with van der Waals surface area (Å²) in [6, 6.07) is 17.2. The molecule has 5 nitrogen and oxygen atoms in total. The number of para-hydroxylation sites is 1. The van der Waals surface area contributed by atoms with Crippen LogP contribution in [0.3, 0.4) is 0 Å². The number of aliphatic hydroxyl groups excluding tert-OH is 1. The Bertz CT molecular complexity index is 784. The molecule has 5 heteroatoms. The molecule has 0 bridgehead atoms. The highest BCUT2D eigenvalue weighted by molar-refractivity contribution is 5.96. The second-order valence-corrected chi connectivity index (χ2v) is 6.30. The third-order valence-electron chi connectivity index (χ3n) is 4.32. The molecule has 0 aromatic heterocycles. The molecule has 1 saturated heterocycles. The molecule has 0 spiro atoms. The van der Waals surface area contributed by atoms with Gasteiger partial charge in [-0.15, -0.1) is 0 Å². The Kier molecular flexibility index (Phi) is 5.71. The number of benzene rings is 2. The van der Waals surface area contributed by atoms with Crippen molar-refractivity contribution in [2.24, 2.45) is 0 Å². The minimum absolute atomic E-state index is 0.132. The predicted octanol–water partition coefficient (Wildman–Crippen LogP) is 2.97. The Balaban J connectivity index is 1.70. The van der Waals surface area contributed by atoms with Crippen molar-refractivity contribution in [3.8, 4) is 5.75 Å². The van der Waals surface area contributed by atoms with Crippen LogP contribution >= 0.6 is 0 Å². The summed E-state index contributed by atoms with van der Waals surface area (Å²) in [5.74, 6) is 0.239. The zero-order valence-corrected chi connectivity index (χ0v) is 14.7. The topological polar surface area (TPSA) is 65.0 Å². The molecule has 1 aliphatic rings. The Morgan fingerprint density at radius 1 is 1.15 bits per heavy atom. The van der Waals surface area contributed by atoms with Crippen molar-refractivity contribution in [3.63, 3.8) is 0 Å². The van der Waals surface area contributed by atoms with Crippen molar-refractivity contribution < 1.29 is 24.1 Å². The molecule has 0 saturated carbocycles. The van der Waals surface area contributed by atoms with Crippen LogP contribution in [0.1, 0.15) is 17.5 Å². The number of hydrogen-bond donors (Lipinski definition) is 1. The molecule has 1 aliphatic heterocycles. The zero-order chi connectivity index (χ0) is 18.4. The first-order valence-corrected chi connectivity index (χ1v) is 8.45. The fourth-order valence-electron chi connectivity index (χ4n) is 2.94. The zero-order valence-electron chi connectivity index (χ0n) is 14.7. The van der Waals surface area contributed by atoms with E-state index in [0.717, 1.165) is 11.1 Å². The average Bonchev–Trinajstić information content (AvgIpc) is 2.99. The number of carbonyl (C=O) groups excluding carboxylic acids is 1. The van der Waals surface area contributed by atoms with Crippen molar-refractivity contribution in [2.75, 3.05) is 20.3 Å². The number of hydrogen-bond acceptors (Lipinski definition) is 5. The molecule has 2 aromatic carbocycles. The van der Waals surface area contributed by atoms with Crippen molar-refractivity contribution in [3.05, 3.63) is 71.3 Å². The van der Waals surface area contributed by atoms with Gasteiger partial charge in [-0.3, -0.25) is 0 Å². The maximum Gasteiger partial charge on any atom is 0.334 e. The van der Waals surface area contributed by atoms with Gasteiger partial charge >= 0.3 is 5.97 Å². The van der Waals surface area contributed by atoms with E-state index in [9.17, 15) is 9.90 Å². The molecule has 1 heterocycles. The lowest BCUT2D eigenvalue weighted by atomic mass is 9.98. The van der Waals surface area contributed by atoms with Gasteiger partial charge in [-0.25, -0.2) is 4.79 Å². The van der Waals surface area contributed by atoms with Crippen molar-refractivity contribution in [1.29, 1.82) is 0 Å². The number of esters is 1. The number of aliphatic hydroxyl groups is 1. The standard InChI is InChI=1S/C21H22O5/c1-24-19-10-6-5-9-17(19)11-18-12-21(14-22,26-20(18)23)15-25-13-16-7-3-2-4-8-16/h2-11,22H,12-15H2,1H3/b18-11+. The molecule has 0 amide bonds. The minimum Gasteiger partial charge on any atom is -0.496 e. The second kappa shape index (κ2) is 8.17. The Labute approximate surface area is 152 Å². The highest BCUT2D eigenvalue weighted by Crippen LogP contribution is 2.33. The molecular weight excluding hydrogens is 332 g/mol. The SMILES string of the molecule is COc1ccccc1/C=C1\CC(CO)(COCc2ccccc2)OC1=O. The summed E-state index contributed by atoms with van der Waals surface area (Å²) in [4.78, 5) is 12.3. The van der Waals surface area contributed by atoms with Gasteiger partial charge < -0.3 is 19.3 Å². The number of ether oxygens (including phenoxy) is 3. The predicted molar refractivity (Wildman–Crippen MR) is 97.6 cm³/mol. The quantitative estimate of drug-likeness (QED) is 0.612. The monoisotopic (exact) mass is 354 g/mol. The van der Waals surface area contributed by atoms with E-state index in [1.165, 1.54) is 0 Å². The Morgan fingerprint density at radius 2 is 1.88 bits per heavy atom. The second-order valence-electron chi connectivity index (χ2n) is 6.30. The molecule has 1 fully saturated rings. The molecule has 3 rings (SSSR count). The highest BCUT2D eigenvalue weighted by Gasteiger charge is 2.43. The molecule has 136 valence electrons. The van der Waals surface area contributed by atoms with Crippen molar-refractivity contribution >= 4 is 12.0 Å². The maximum absolute atomic E-state index is 12.3. The van der Waals surface area contributed by atoms with Crippen LogP contribution < -0.4 is 4.74 Å². The minimum atomic E-state index is -1.04. The molecule has 1 N–H and O–H groups in total. The van der Waals surface area contributed by atoms with Crippen LogP contribution in [0.2, 0.25) is 0 Å². The number of carbonyl (C=O) groups is 1. The highest BCUT2D eigenvalue weighted by atomic mass is 16.6. The summed E-state index contributed by atoms with van der Waals surface area (Å²) in [6.45, 7) is 0.232. The van der Waals surface area contributed by atoms with Crippen LogP contribution in [0.4, 0.5) is 0 Å². The molecule has 0 radical (unpaired) electrons. The first kappa shape index (κ1) is 18.2. The van der Waals surface area contributed by atoms with Gasteiger partial charge in [-0.05, 0) is 17.7 Å². The van der Waals surface area contributed by atoms with Crippen LogP contribution in [0.5, 0.6) is 5.75 Å². The summed E-state index contributed by atoms with van der Waals surface area (Å²) >= 11 is 0. The third kappa shape index (κ3) is 4.12. The maximum atomic E-state index is 12.3. The normalized spacial score (nSPS) is 21.0. The Hall–Kier alpha value is -2.63. The van der Waals surface area contributed by atoms with Gasteiger partial charge in [0, 0.05) is 17.6 Å². The lowest BCUT2D eigenvalue weighted by Crippen LogP contribution is -2.38. The van der Waals surface area contributed by atoms with E-state index in [2.05, 4.69) is 0 Å². The van der Waals surface area contributed by atoms with Gasteiger partial charge in [0.05, 0.1) is 26.9 Å². The molecular formula is C21H22O5. The number of methoxy groups -OCH3 is 1. The summed E-state index contributed by atoms with van der Waals surface area (Å²) < 4.78 is 16.5. The first-order valence-electron chi connectivity index (χ1n) is 8.45. The van der Waals surface area contributed by atoms with Gasteiger partial charge in [0.25, 0.3) is 0 Å². The van der Waals surface area contributed by atoms with Gasteiger partial charge in [-0.1, -0.05) is 48.5 Å². The van der Waals surface area contributed by atoms with Gasteiger partial charge in [0.1, 0.15) is 5.75 Å². The fourth-order valence-corrected chi connectivity index (χ4v) is 2.94. The van der Waals surface area contributed by atoms with Gasteiger partial charge in [0.2, 0.25) is 0 Å². The number of cyclic esters (lactones) is 1. The van der Waals surface area contributed by atoms with Crippen LogP contribution in [0, 0.1) is 0 Å². The van der Waals surface area contributed by atoms with Crippen molar-refractivity contribution in [1.82, 2.24) is 0 Å². The van der Waals surface area contributed by atoms with Gasteiger partial charge in [-0.2, -0.15) is 0 Å². The van der Waals surface area contributed by atoms with E-state index in [4.69, 9.17) is 14.2 Å². The lowest BCUT2D eigenvalue weighted by Gasteiger charge is -2.24. The van der Waals surface area contributed by atoms with Crippen LogP contribution in [-0.2, 0) is 20.9 Å². The molecule has 0 aliphatic carbocycles. The molecule has 1 unspecified atom stereocenters. The molecule has 2 aromatic rings. The van der Waals surface area contributed by atoms with E-state index in [0.29, 0.717) is 17.9 Å². The molecule has 1 atom stereocenters. The van der Waals surface area contributed by atoms with E-state index >= 15 is 0 Å². The number of rotatable bonds is 7. The summed E-state index contributed by atoms with van der Waals surface area (Å²) in [5.41, 5.74) is 1.27. The van der Waals surface area contributed by atoms with E-state index in [1.54, 1.807) is 13.2 Å². The summed E-state index contributed by atoms with van der Waals surface area (Å²) in [7, 11) is 1.58. The lowest BCUT2D eigenvalue weighted by molar-refractivity contribution is -0.157. The average molecular weight is 354 g/mol. The third-order valence-corrected chi connectivity index (χ3v) is 4.32. The first-order chi connectivity index (χ1) is 12.7. The largest absolute Gasteiger partial charge is 0.496 e. The van der Waals surface area contributed by atoms with Crippen LogP contribution in [0.25, 0.3) is 6.08 Å². The van der Waals surface area contributed by atoms with Crippen molar-refractivity contribution in [2.45, 2.75) is 18.6 Å². The summed E-state index contributed by atoms with van der Waals surface area (Å²) in [5, 5.41) is 9.81. The van der Waals surface area contributed by atoms with Crippen LogP contribution in [-0.4, -0.2) is 37.0 Å². The fraction of sp³-hybridized carbons (Fsp3) is 0.286. The van der Waals surface area contributed by atoms with Crippen LogP contribution in [0.15, 0.2) is 60.2 Å². The Morgan fingerprint density at radius 3 is 2.62 bits per heavy atom. The van der Waals surface area contributed by atoms with E-state index in [-0.39, 0.29) is 19.6 Å². The molecule has 26 heavy (non-hydrogen) atoms.